The number of halogens is 2. The first-order chi connectivity index (χ1) is 8.06. The molecule has 0 aliphatic carbocycles. The van der Waals surface area contributed by atoms with Gasteiger partial charge in [-0.05, 0) is 18.0 Å². The lowest BCUT2D eigenvalue weighted by atomic mass is 10.1. The minimum atomic E-state index is -1.49. The molecular formula is C9H10ClFN4O2. The van der Waals surface area contributed by atoms with E-state index in [4.69, 9.17) is 17.1 Å². The third-order valence-electron chi connectivity index (χ3n) is 2.07. The van der Waals surface area contributed by atoms with Gasteiger partial charge in [0, 0.05) is 17.7 Å². The predicted molar refractivity (Wildman–Crippen MR) is 58.8 cm³/mol. The summed E-state index contributed by atoms with van der Waals surface area (Å²) in [5, 5.41) is 22.4. The van der Waals surface area contributed by atoms with E-state index in [-0.39, 0.29) is 23.7 Å². The van der Waals surface area contributed by atoms with Crippen molar-refractivity contribution >= 4 is 11.6 Å². The summed E-state index contributed by atoms with van der Waals surface area (Å²) >= 11 is 5.50. The molecule has 2 N–H and O–H groups in total. The fraction of sp³-hybridized carbons (Fsp3) is 0.444. The molecule has 1 aromatic heterocycles. The second kappa shape index (κ2) is 6.36. The fourth-order valence-electron chi connectivity index (χ4n) is 1.22. The van der Waals surface area contributed by atoms with Crippen molar-refractivity contribution in [1.82, 2.24) is 4.98 Å². The Morgan fingerprint density at radius 3 is 2.88 bits per heavy atom. The topological polar surface area (TPSA) is 102 Å². The Morgan fingerprint density at radius 2 is 2.29 bits per heavy atom. The number of aliphatic hydroxyl groups excluding tert-OH is 2. The standard InChI is InChI=1S/C9H10ClFN4O2/c10-5-3-6(11)8(13-4-5)9(17)7(16)1-2-14-15-12/h3-4,7,9,16-17H,1-2H2. The van der Waals surface area contributed by atoms with Gasteiger partial charge in [-0.15, -0.1) is 0 Å². The van der Waals surface area contributed by atoms with Crippen molar-refractivity contribution in [3.8, 4) is 0 Å². The highest BCUT2D eigenvalue weighted by Crippen LogP contribution is 2.21. The molecule has 0 amide bonds. The van der Waals surface area contributed by atoms with Crippen molar-refractivity contribution in [3.05, 3.63) is 39.2 Å². The molecule has 17 heavy (non-hydrogen) atoms. The lowest BCUT2D eigenvalue weighted by molar-refractivity contribution is 0.0103. The van der Waals surface area contributed by atoms with Gasteiger partial charge in [-0.2, -0.15) is 0 Å². The normalized spacial score (nSPS) is 13.9. The van der Waals surface area contributed by atoms with Crippen LogP contribution >= 0.6 is 11.6 Å². The highest BCUT2D eigenvalue weighted by molar-refractivity contribution is 6.30. The number of aromatic nitrogens is 1. The number of hydrogen-bond acceptors (Lipinski definition) is 4. The number of aliphatic hydroxyl groups is 2. The summed E-state index contributed by atoms with van der Waals surface area (Å²) in [5.74, 6) is -0.798. The van der Waals surface area contributed by atoms with Gasteiger partial charge in [-0.3, -0.25) is 4.98 Å². The molecule has 1 rings (SSSR count). The van der Waals surface area contributed by atoms with Crippen molar-refractivity contribution in [3.63, 3.8) is 0 Å². The van der Waals surface area contributed by atoms with Crippen LogP contribution in [0.4, 0.5) is 4.39 Å². The van der Waals surface area contributed by atoms with Gasteiger partial charge in [0.05, 0.1) is 11.1 Å². The van der Waals surface area contributed by atoms with Gasteiger partial charge < -0.3 is 10.2 Å². The summed E-state index contributed by atoms with van der Waals surface area (Å²) in [6.45, 7) is 0.00390. The molecule has 0 bridgehead atoms. The molecule has 92 valence electrons. The highest BCUT2D eigenvalue weighted by atomic mass is 35.5. The Balaban J connectivity index is 2.73. The van der Waals surface area contributed by atoms with E-state index < -0.39 is 18.0 Å². The maximum atomic E-state index is 13.3. The summed E-state index contributed by atoms with van der Waals surface area (Å²) in [5.41, 5.74) is 7.75. The Kier molecular flexibility index (Phi) is 5.11. The average molecular weight is 261 g/mol. The van der Waals surface area contributed by atoms with Crippen molar-refractivity contribution in [2.24, 2.45) is 5.11 Å². The van der Waals surface area contributed by atoms with Crippen molar-refractivity contribution in [1.29, 1.82) is 0 Å². The van der Waals surface area contributed by atoms with Gasteiger partial charge in [0.1, 0.15) is 17.6 Å². The van der Waals surface area contributed by atoms with Crippen LogP contribution in [0.25, 0.3) is 10.4 Å². The molecule has 0 aliphatic rings. The van der Waals surface area contributed by atoms with Crippen molar-refractivity contribution < 1.29 is 14.6 Å². The summed E-state index contributed by atoms with van der Waals surface area (Å²) in [7, 11) is 0. The molecule has 0 saturated carbocycles. The minimum Gasteiger partial charge on any atom is -0.390 e. The number of azide groups is 1. The van der Waals surface area contributed by atoms with Gasteiger partial charge >= 0.3 is 0 Å². The molecule has 1 aromatic rings. The smallest absolute Gasteiger partial charge is 0.148 e. The third-order valence-corrected chi connectivity index (χ3v) is 2.28. The first kappa shape index (κ1) is 13.7. The molecule has 1 heterocycles. The largest absolute Gasteiger partial charge is 0.390 e. The van der Waals surface area contributed by atoms with Crippen LogP contribution in [0.1, 0.15) is 18.2 Å². The maximum absolute atomic E-state index is 13.3. The van der Waals surface area contributed by atoms with Gasteiger partial charge in [0.25, 0.3) is 0 Å². The number of nitrogens with zero attached hydrogens (tertiary/aromatic N) is 4. The van der Waals surface area contributed by atoms with Gasteiger partial charge in [0.15, 0.2) is 0 Å². The zero-order valence-corrected chi connectivity index (χ0v) is 9.42. The Bertz CT molecular complexity index is 439. The first-order valence-corrected chi connectivity index (χ1v) is 5.12. The molecule has 6 nitrogen and oxygen atoms in total. The molecule has 0 fully saturated rings. The zero-order valence-electron chi connectivity index (χ0n) is 8.66. The van der Waals surface area contributed by atoms with E-state index in [1.165, 1.54) is 6.20 Å². The van der Waals surface area contributed by atoms with Crippen LogP contribution in [0.2, 0.25) is 5.02 Å². The second-order valence-electron chi connectivity index (χ2n) is 3.28. The zero-order chi connectivity index (χ0) is 12.8. The molecule has 2 atom stereocenters. The molecule has 0 aliphatic heterocycles. The Hall–Kier alpha value is -1.40. The summed E-state index contributed by atoms with van der Waals surface area (Å²) in [4.78, 5) is 6.10. The summed E-state index contributed by atoms with van der Waals surface area (Å²) in [6.07, 6.45) is -1.57. The molecule has 0 radical (unpaired) electrons. The monoisotopic (exact) mass is 260 g/mol. The second-order valence-corrected chi connectivity index (χ2v) is 3.71. The van der Waals surface area contributed by atoms with E-state index in [0.29, 0.717) is 0 Å². The Morgan fingerprint density at radius 1 is 1.59 bits per heavy atom. The SMILES string of the molecule is [N-]=[N+]=NCCC(O)C(O)c1ncc(Cl)cc1F. The van der Waals surface area contributed by atoms with Crippen LogP contribution < -0.4 is 0 Å². The fourth-order valence-corrected chi connectivity index (χ4v) is 1.36. The molecule has 0 spiro atoms. The van der Waals surface area contributed by atoms with Gasteiger partial charge in [-0.1, -0.05) is 16.7 Å². The van der Waals surface area contributed by atoms with Crippen LogP contribution in [-0.2, 0) is 0 Å². The van der Waals surface area contributed by atoms with Crippen LogP contribution in [0.15, 0.2) is 17.4 Å². The molecule has 0 saturated heterocycles. The van der Waals surface area contributed by atoms with E-state index in [9.17, 15) is 14.6 Å². The summed E-state index contributed by atoms with van der Waals surface area (Å²) in [6, 6.07) is 0.993. The highest BCUT2D eigenvalue weighted by Gasteiger charge is 2.22. The lowest BCUT2D eigenvalue weighted by Crippen LogP contribution is -2.21. The molecule has 0 aromatic carbocycles. The van der Waals surface area contributed by atoms with Crippen LogP contribution in [0, 0.1) is 5.82 Å². The van der Waals surface area contributed by atoms with Crippen LogP contribution in [0.5, 0.6) is 0 Å². The predicted octanol–water partition coefficient (Wildman–Crippen LogP) is 1.97. The molecule has 2 unspecified atom stereocenters. The first-order valence-electron chi connectivity index (χ1n) is 4.74. The molecule has 8 heteroatoms. The van der Waals surface area contributed by atoms with E-state index in [2.05, 4.69) is 15.0 Å². The minimum absolute atomic E-state index is 0.00390. The van der Waals surface area contributed by atoms with Crippen molar-refractivity contribution in [2.45, 2.75) is 18.6 Å². The lowest BCUT2D eigenvalue weighted by Gasteiger charge is -2.16. The molecular weight excluding hydrogens is 251 g/mol. The van der Waals surface area contributed by atoms with Crippen molar-refractivity contribution in [2.75, 3.05) is 6.54 Å². The van der Waals surface area contributed by atoms with E-state index >= 15 is 0 Å². The van der Waals surface area contributed by atoms with Crippen LogP contribution in [-0.4, -0.2) is 27.8 Å². The van der Waals surface area contributed by atoms with E-state index in [1.807, 2.05) is 0 Å². The average Bonchev–Trinajstić information content (AvgIpc) is 2.28. The third kappa shape index (κ3) is 3.83. The van der Waals surface area contributed by atoms with Gasteiger partial charge in [0.2, 0.25) is 0 Å². The Labute approximate surface area is 101 Å². The summed E-state index contributed by atoms with van der Waals surface area (Å²) < 4.78 is 13.3. The number of hydrogen-bond donors (Lipinski definition) is 2. The number of pyridine rings is 1. The maximum Gasteiger partial charge on any atom is 0.148 e. The van der Waals surface area contributed by atoms with E-state index in [0.717, 1.165) is 6.07 Å². The van der Waals surface area contributed by atoms with Gasteiger partial charge in [-0.25, -0.2) is 4.39 Å². The van der Waals surface area contributed by atoms with Crippen LogP contribution in [0.3, 0.4) is 0 Å². The quantitative estimate of drug-likeness (QED) is 0.480. The number of rotatable bonds is 5. The van der Waals surface area contributed by atoms with E-state index in [1.54, 1.807) is 0 Å².